The van der Waals surface area contributed by atoms with E-state index in [2.05, 4.69) is 15.5 Å². The number of aromatic nitrogens is 2. The molecule has 1 amide bonds. The number of hydrogen-bond donors (Lipinski definition) is 1. The molecule has 0 aliphatic heterocycles. The van der Waals surface area contributed by atoms with Crippen molar-refractivity contribution < 1.29 is 9.72 Å². The van der Waals surface area contributed by atoms with Crippen LogP contribution >= 0.6 is 22.9 Å². The van der Waals surface area contributed by atoms with E-state index in [1.807, 2.05) is 13.8 Å². The summed E-state index contributed by atoms with van der Waals surface area (Å²) >= 11 is 7.19. The van der Waals surface area contributed by atoms with Crippen LogP contribution in [-0.4, -0.2) is 21.0 Å². The summed E-state index contributed by atoms with van der Waals surface area (Å²) in [5.41, 5.74) is -0.367. The molecule has 0 radical (unpaired) electrons. The molecule has 0 bridgehead atoms. The largest absolute Gasteiger partial charge is 0.345 e. The third-order valence-corrected chi connectivity index (χ3v) is 4.24. The fraction of sp³-hybridized carbons (Fsp3) is 0.308. The Bertz CT molecular complexity index is 717. The van der Waals surface area contributed by atoms with Crippen molar-refractivity contribution in [1.82, 2.24) is 15.5 Å². The summed E-state index contributed by atoms with van der Waals surface area (Å²) in [7, 11) is 0. The maximum absolute atomic E-state index is 12.1. The lowest BCUT2D eigenvalue weighted by atomic mass is 10.1. The Morgan fingerprint density at radius 2 is 2.18 bits per heavy atom. The van der Waals surface area contributed by atoms with Crippen LogP contribution < -0.4 is 5.32 Å². The number of benzene rings is 1. The van der Waals surface area contributed by atoms with Gasteiger partial charge >= 0.3 is 0 Å². The van der Waals surface area contributed by atoms with Gasteiger partial charge in [-0.15, -0.1) is 10.2 Å². The van der Waals surface area contributed by atoms with Crippen LogP contribution in [0.3, 0.4) is 0 Å². The minimum absolute atomic E-state index is 0.0777. The number of carbonyl (C=O) groups excluding carboxylic acids is 1. The van der Waals surface area contributed by atoms with Crippen LogP contribution in [0.15, 0.2) is 18.2 Å². The van der Waals surface area contributed by atoms with Gasteiger partial charge in [0.15, 0.2) is 0 Å². The number of rotatable bonds is 5. The lowest BCUT2D eigenvalue weighted by Gasteiger charge is -2.04. The van der Waals surface area contributed by atoms with E-state index in [9.17, 15) is 14.9 Å². The Kier molecular flexibility index (Phi) is 5.04. The van der Waals surface area contributed by atoms with Crippen LogP contribution in [0.25, 0.3) is 0 Å². The van der Waals surface area contributed by atoms with Crippen molar-refractivity contribution in [1.29, 1.82) is 0 Å². The molecule has 1 aromatic carbocycles. The van der Waals surface area contributed by atoms with Crippen LogP contribution in [-0.2, 0) is 6.54 Å². The van der Waals surface area contributed by atoms with E-state index in [-0.39, 0.29) is 28.7 Å². The quantitative estimate of drug-likeness (QED) is 0.666. The second-order valence-electron chi connectivity index (χ2n) is 4.79. The summed E-state index contributed by atoms with van der Waals surface area (Å²) in [5.74, 6) is -0.313. The first-order chi connectivity index (χ1) is 10.4. The summed E-state index contributed by atoms with van der Waals surface area (Å²) < 4.78 is 0. The molecule has 1 heterocycles. The Labute approximate surface area is 135 Å². The van der Waals surface area contributed by atoms with Crippen molar-refractivity contribution in [3.8, 4) is 0 Å². The fourth-order valence-corrected chi connectivity index (χ4v) is 2.63. The van der Waals surface area contributed by atoms with E-state index in [1.54, 1.807) is 0 Å². The summed E-state index contributed by atoms with van der Waals surface area (Å²) in [5, 5.41) is 23.3. The van der Waals surface area contributed by atoms with Crippen LogP contribution in [0.5, 0.6) is 0 Å². The lowest BCUT2D eigenvalue weighted by Crippen LogP contribution is -2.23. The predicted molar refractivity (Wildman–Crippen MR) is 83.3 cm³/mol. The Hall–Kier alpha value is -2.06. The molecule has 0 atom stereocenters. The van der Waals surface area contributed by atoms with Gasteiger partial charge in [-0.2, -0.15) is 0 Å². The maximum Gasteiger partial charge on any atom is 0.282 e. The molecule has 1 aromatic heterocycles. The first-order valence-corrected chi connectivity index (χ1v) is 7.62. The van der Waals surface area contributed by atoms with Gasteiger partial charge in [0.25, 0.3) is 11.6 Å². The molecule has 7 nitrogen and oxygen atoms in total. The minimum Gasteiger partial charge on any atom is -0.345 e. The van der Waals surface area contributed by atoms with E-state index < -0.39 is 10.8 Å². The molecule has 2 aromatic rings. The number of nitro benzene ring substituents is 1. The second kappa shape index (κ2) is 6.80. The molecule has 22 heavy (non-hydrogen) atoms. The molecule has 0 fully saturated rings. The molecule has 0 unspecified atom stereocenters. The molecule has 0 saturated carbocycles. The smallest absolute Gasteiger partial charge is 0.282 e. The zero-order valence-electron chi connectivity index (χ0n) is 11.9. The number of halogens is 1. The van der Waals surface area contributed by atoms with Gasteiger partial charge in [0.05, 0.1) is 11.5 Å². The van der Waals surface area contributed by atoms with Crippen molar-refractivity contribution in [3.05, 3.63) is 48.9 Å². The van der Waals surface area contributed by atoms with E-state index in [0.29, 0.717) is 5.01 Å². The number of nitrogens with one attached hydrogen (secondary N) is 1. The van der Waals surface area contributed by atoms with Crippen molar-refractivity contribution in [2.24, 2.45) is 0 Å². The van der Waals surface area contributed by atoms with Crippen LogP contribution in [0.1, 0.15) is 40.1 Å². The standard InChI is InChI=1S/C13H13ClN4O3S/c1-7(2)13-17-16-11(22-13)6-15-12(19)9-5-8(14)3-4-10(9)18(20)21/h3-5,7H,6H2,1-2H3,(H,15,19). The fourth-order valence-electron chi connectivity index (χ4n) is 1.67. The molecular formula is C13H13ClN4O3S. The van der Waals surface area contributed by atoms with E-state index in [0.717, 1.165) is 5.01 Å². The average Bonchev–Trinajstić information content (AvgIpc) is 2.93. The zero-order chi connectivity index (χ0) is 16.3. The van der Waals surface area contributed by atoms with E-state index in [1.165, 1.54) is 29.5 Å². The molecule has 116 valence electrons. The summed E-state index contributed by atoms with van der Waals surface area (Å²) in [6, 6.07) is 3.85. The highest BCUT2D eigenvalue weighted by Crippen LogP contribution is 2.23. The number of amides is 1. The van der Waals surface area contributed by atoms with Crippen molar-refractivity contribution in [2.45, 2.75) is 26.3 Å². The van der Waals surface area contributed by atoms with Gasteiger partial charge in [0.1, 0.15) is 15.6 Å². The van der Waals surface area contributed by atoms with Gasteiger partial charge in [-0.3, -0.25) is 14.9 Å². The number of carbonyl (C=O) groups is 1. The highest BCUT2D eigenvalue weighted by atomic mass is 35.5. The predicted octanol–water partition coefficient (Wildman–Crippen LogP) is 3.15. The monoisotopic (exact) mass is 340 g/mol. The first-order valence-electron chi connectivity index (χ1n) is 6.43. The van der Waals surface area contributed by atoms with Gasteiger partial charge in [0.2, 0.25) is 0 Å². The van der Waals surface area contributed by atoms with Crippen molar-refractivity contribution >= 4 is 34.5 Å². The second-order valence-corrected chi connectivity index (χ2v) is 6.32. The zero-order valence-corrected chi connectivity index (χ0v) is 13.4. The van der Waals surface area contributed by atoms with Gasteiger partial charge in [-0.05, 0) is 12.1 Å². The van der Waals surface area contributed by atoms with Gasteiger partial charge in [-0.1, -0.05) is 36.8 Å². The molecule has 0 aliphatic carbocycles. The normalized spacial score (nSPS) is 10.7. The minimum atomic E-state index is -0.618. The highest BCUT2D eigenvalue weighted by molar-refractivity contribution is 7.11. The summed E-state index contributed by atoms with van der Waals surface area (Å²) in [6.07, 6.45) is 0. The molecule has 0 aliphatic rings. The highest BCUT2D eigenvalue weighted by Gasteiger charge is 2.20. The third-order valence-electron chi connectivity index (χ3n) is 2.78. The topological polar surface area (TPSA) is 98.0 Å². The molecule has 2 rings (SSSR count). The molecule has 1 N–H and O–H groups in total. The number of nitro groups is 1. The van der Waals surface area contributed by atoms with Crippen LogP contribution in [0.2, 0.25) is 5.02 Å². The Morgan fingerprint density at radius 3 is 2.77 bits per heavy atom. The van der Waals surface area contributed by atoms with Crippen molar-refractivity contribution in [3.63, 3.8) is 0 Å². The molecule has 0 saturated heterocycles. The van der Waals surface area contributed by atoms with Crippen LogP contribution in [0.4, 0.5) is 5.69 Å². The number of nitrogens with zero attached hydrogens (tertiary/aromatic N) is 3. The maximum atomic E-state index is 12.1. The van der Waals surface area contributed by atoms with E-state index >= 15 is 0 Å². The Balaban J connectivity index is 2.12. The van der Waals surface area contributed by atoms with Gasteiger partial charge in [-0.25, -0.2) is 0 Å². The third kappa shape index (κ3) is 3.77. The molecule has 9 heteroatoms. The lowest BCUT2D eigenvalue weighted by molar-refractivity contribution is -0.385. The SMILES string of the molecule is CC(C)c1nnc(CNC(=O)c2cc(Cl)ccc2[N+](=O)[O-])s1. The van der Waals surface area contributed by atoms with E-state index in [4.69, 9.17) is 11.6 Å². The Morgan fingerprint density at radius 1 is 1.45 bits per heavy atom. The van der Waals surface area contributed by atoms with Crippen LogP contribution in [0, 0.1) is 10.1 Å². The molecular weight excluding hydrogens is 328 g/mol. The first kappa shape index (κ1) is 16.3. The summed E-state index contributed by atoms with van der Waals surface area (Å²) in [6.45, 7) is 4.16. The summed E-state index contributed by atoms with van der Waals surface area (Å²) in [4.78, 5) is 22.5. The number of hydrogen-bond acceptors (Lipinski definition) is 6. The van der Waals surface area contributed by atoms with Gasteiger partial charge in [0, 0.05) is 17.0 Å². The van der Waals surface area contributed by atoms with Crippen molar-refractivity contribution in [2.75, 3.05) is 0 Å². The molecule has 0 spiro atoms. The average molecular weight is 341 g/mol. The van der Waals surface area contributed by atoms with Gasteiger partial charge < -0.3 is 5.32 Å².